The summed E-state index contributed by atoms with van der Waals surface area (Å²) in [6.45, 7) is 2.80. The van der Waals surface area contributed by atoms with Crippen molar-refractivity contribution in [2.45, 2.75) is 25.8 Å². The molecule has 104 valence electrons. The Kier molecular flexibility index (Phi) is 5.70. The number of rotatable bonds is 8. The highest BCUT2D eigenvalue weighted by Crippen LogP contribution is 2.21. The zero-order chi connectivity index (χ0) is 13.5. The van der Waals surface area contributed by atoms with Gasteiger partial charge in [-0.25, -0.2) is 0 Å². The van der Waals surface area contributed by atoms with Gasteiger partial charge in [-0.1, -0.05) is 17.7 Å². The first-order chi connectivity index (χ1) is 9.31. The highest BCUT2D eigenvalue weighted by molar-refractivity contribution is 6.31. The van der Waals surface area contributed by atoms with E-state index in [-0.39, 0.29) is 0 Å². The van der Waals surface area contributed by atoms with E-state index in [1.807, 2.05) is 12.1 Å². The minimum Gasteiger partial charge on any atom is -0.385 e. The molecule has 1 aromatic heterocycles. The number of ether oxygens (including phenoxy) is 1. The van der Waals surface area contributed by atoms with Gasteiger partial charge in [0.2, 0.25) is 0 Å². The Bertz CT molecular complexity index is 510. The number of benzene rings is 1. The summed E-state index contributed by atoms with van der Waals surface area (Å²) in [5, 5.41) is 5.49. The van der Waals surface area contributed by atoms with Crippen molar-refractivity contribution in [3.63, 3.8) is 0 Å². The standard InChI is InChI=1S/C15H21ClN2O/c1-19-8-4-2-3-7-17-10-12-11-18-15-9-13(16)5-6-14(12)15/h5-6,9,11,17-18H,2-4,7-8,10H2,1H3. The van der Waals surface area contributed by atoms with E-state index in [9.17, 15) is 0 Å². The molecule has 0 aliphatic rings. The molecule has 0 radical (unpaired) electrons. The Labute approximate surface area is 119 Å². The maximum atomic E-state index is 5.97. The van der Waals surface area contributed by atoms with Crippen molar-refractivity contribution in [1.82, 2.24) is 10.3 Å². The van der Waals surface area contributed by atoms with Crippen LogP contribution in [0.3, 0.4) is 0 Å². The summed E-state index contributed by atoms with van der Waals surface area (Å²) >= 11 is 5.97. The van der Waals surface area contributed by atoms with Gasteiger partial charge in [0.05, 0.1) is 0 Å². The number of nitrogens with one attached hydrogen (secondary N) is 2. The van der Waals surface area contributed by atoms with Crippen LogP contribution in [-0.4, -0.2) is 25.2 Å². The summed E-state index contributed by atoms with van der Waals surface area (Å²) in [7, 11) is 1.75. The molecule has 0 unspecified atom stereocenters. The van der Waals surface area contributed by atoms with E-state index in [2.05, 4.69) is 22.6 Å². The molecule has 0 saturated heterocycles. The van der Waals surface area contributed by atoms with Crippen LogP contribution in [0.2, 0.25) is 5.02 Å². The molecule has 0 aliphatic heterocycles. The lowest BCUT2D eigenvalue weighted by Crippen LogP contribution is -2.14. The number of hydrogen-bond acceptors (Lipinski definition) is 2. The molecule has 1 heterocycles. The maximum Gasteiger partial charge on any atom is 0.0472 e. The highest BCUT2D eigenvalue weighted by Gasteiger charge is 2.03. The first-order valence-corrected chi connectivity index (χ1v) is 7.14. The topological polar surface area (TPSA) is 37.0 Å². The van der Waals surface area contributed by atoms with E-state index in [1.54, 1.807) is 7.11 Å². The third-order valence-corrected chi connectivity index (χ3v) is 3.48. The van der Waals surface area contributed by atoms with Crippen LogP contribution in [0.1, 0.15) is 24.8 Å². The Morgan fingerprint density at radius 2 is 2.16 bits per heavy atom. The van der Waals surface area contributed by atoms with Gasteiger partial charge in [-0.05, 0) is 43.5 Å². The van der Waals surface area contributed by atoms with Crippen LogP contribution in [0, 0.1) is 0 Å². The van der Waals surface area contributed by atoms with E-state index in [4.69, 9.17) is 16.3 Å². The van der Waals surface area contributed by atoms with Gasteiger partial charge in [-0.15, -0.1) is 0 Å². The molecule has 0 amide bonds. The summed E-state index contributed by atoms with van der Waals surface area (Å²) in [6.07, 6.45) is 5.60. The molecule has 0 spiro atoms. The smallest absolute Gasteiger partial charge is 0.0472 e. The van der Waals surface area contributed by atoms with E-state index < -0.39 is 0 Å². The van der Waals surface area contributed by atoms with Crippen molar-refractivity contribution in [1.29, 1.82) is 0 Å². The van der Waals surface area contributed by atoms with Gasteiger partial charge < -0.3 is 15.0 Å². The lowest BCUT2D eigenvalue weighted by Gasteiger charge is -2.04. The average molecular weight is 281 g/mol. The molecule has 1 aromatic carbocycles. The van der Waals surface area contributed by atoms with E-state index in [0.717, 1.165) is 36.7 Å². The zero-order valence-corrected chi connectivity index (χ0v) is 12.1. The largest absolute Gasteiger partial charge is 0.385 e. The second kappa shape index (κ2) is 7.53. The van der Waals surface area contributed by atoms with Crippen molar-refractivity contribution >= 4 is 22.5 Å². The Morgan fingerprint density at radius 1 is 1.26 bits per heavy atom. The van der Waals surface area contributed by atoms with Crippen LogP contribution in [0.15, 0.2) is 24.4 Å². The fourth-order valence-corrected chi connectivity index (χ4v) is 2.37. The predicted molar refractivity (Wildman–Crippen MR) is 80.7 cm³/mol. The Morgan fingerprint density at radius 3 is 3.00 bits per heavy atom. The van der Waals surface area contributed by atoms with Crippen molar-refractivity contribution in [3.8, 4) is 0 Å². The molecule has 0 aliphatic carbocycles. The highest BCUT2D eigenvalue weighted by atomic mass is 35.5. The molecular formula is C15H21ClN2O. The molecule has 0 atom stereocenters. The van der Waals surface area contributed by atoms with Gasteiger partial charge >= 0.3 is 0 Å². The van der Waals surface area contributed by atoms with Crippen molar-refractivity contribution < 1.29 is 4.74 Å². The lowest BCUT2D eigenvalue weighted by molar-refractivity contribution is 0.192. The predicted octanol–water partition coefficient (Wildman–Crippen LogP) is 3.73. The number of unbranched alkanes of at least 4 members (excludes halogenated alkanes) is 2. The molecule has 3 nitrogen and oxygen atoms in total. The van der Waals surface area contributed by atoms with Gasteiger partial charge in [-0.2, -0.15) is 0 Å². The van der Waals surface area contributed by atoms with Gasteiger partial charge in [0.25, 0.3) is 0 Å². The fraction of sp³-hybridized carbons (Fsp3) is 0.467. The molecule has 4 heteroatoms. The summed E-state index contributed by atoms with van der Waals surface area (Å²) in [4.78, 5) is 3.26. The SMILES string of the molecule is COCCCCCNCc1c[nH]c2cc(Cl)ccc12. The summed E-state index contributed by atoms with van der Waals surface area (Å²) < 4.78 is 5.03. The van der Waals surface area contributed by atoms with Gasteiger partial charge in [0, 0.05) is 42.4 Å². The molecule has 19 heavy (non-hydrogen) atoms. The molecule has 2 rings (SSSR count). The van der Waals surface area contributed by atoms with Crippen LogP contribution in [0.25, 0.3) is 10.9 Å². The number of hydrogen-bond donors (Lipinski definition) is 2. The zero-order valence-electron chi connectivity index (χ0n) is 11.3. The number of halogens is 1. The lowest BCUT2D eigenvalue weighted by atomic mass is 10.1. The summed E-state index contributed by atoms with van der Waals surface area (Å²) in [5.74, 6) is 0. The average Bonchev–Trinajstić information content (AvgIpc) is 2.80. The summed E-state index contributed by atoms with van der Waals surface area (Å²) in [6, 6.07) is 5.97. The second-order valence-electron chi connectivity index (χ2n) is 4.73. The normalized spacial score (nSPS) is 11.3. The van der Waals surface area contributed by atoms with Crippen LogP contribution in [0.4, 0.5) is 0 Å². The van der Waals surface area contributed by atoms with Crippen LogP contribution in [-0.2, 0) is 11.3 Å². The number of H-pyrrole nitrogens is 1. The minimum absolute atomic E-state index is 0.770. The third kappa shape index (κ3) is 4.23. The number of aromatic nitrogens is 1. The summed E-state index contributed by atoms with van der Waals surface area (Å²) in [5.41, 5.74) is 2.40. The van der Waals surface area contributed by atoms with Crippen LogP contribution < -0.4 is 5.32 Å². The van der Waals surface area contributed by atoms with E-state index in [1.165, 1.54) is 23.8 Å². The van der Waals surface area contributed by atoms with Gasteiger partial charge in [0.1, 0.15) is 0 Å². The Hall–Kier alpha value is -1.03. The first kappa shape index (κ1) is 14.4. The van der Waals surface area contributed by atoms with Crippen molar-refractivity contribution in [2.24, 2.45) is 0 Å². The van der Waals surface area contributed by atoms with Gasteiger partial charge in [-0.3, -0.25) is 0 Å². The number of methoxy groups -OCH3 is 1. The van der Waals surface area contributed by atoms with E-state index in [0.29, 0.717) is 0 Å². The van der Waals surface area contributed by atoms with Crippen molar-refractivity contribution in [2.75, 3.05) is 20.3 Å². The molecule has 0 bridgehead atoms. The monoisotopic (exact) mass is 280 g/mol. The third-order valence-electron chi connectivity index (χ3n) is 3.25. The number of fused-ring (bicyclic) bond motifs is 1. The molecular weight excluding hydrogens is 260 g/mol. The van der Waals surface area contributed by atoms with Crippen molar-refractivity contribution in [3.05, 3.63) is 35.0 Å². The minimum atomic E-state index is 0.770. The maximum absolute atomic E-state index is 5.97. The molecule has 0 fully saturated rings. The first-order valence-electron chi connectivity index (χ1n) is 6.76. The van der Waals surface area contributed by atoms with E-state index >= 15 is 0 Å². The van der Waals surface area contributed by atoms with Crippen LogP contribution >= 0.6 is 11.6 Å². The van der Waals surface area contributed by atoms with Crippen LogP contribution in [0.5, 0.6) is 0 Å². The molecule has 2 aromatic rings. The molecule has 0 saturated carbocycles. The Balaban J connectivity index is 1.76. The fourth-order valence-electron chi connectivity index (χ4n) is 2.20. The quantitative estimate of drug-likeness (QED) is 0.723. The molecule has 2 N–H and O–H groups in total. The second-order valence-corrected chi connectivity index (χ2v) is 5.17. The van der Waals surface area contributed by atoms with Gasteiger partial charge in [0.15, 0.2) is 0 Å². The number of aromatic amines is 1.